The van der Waals surface area contributed by atoms with E-state index in [4.69, 9.17) is 4.74 Å². The third-order valence-corrected chi connectivity index (χ3v) is 4.00. The molecule has 0 radical (unpaired) electrons. The zero-order valence-electron chi connectivity index (χ0n) is 14.2. The average Bonchev–Trinajstić information content (AvgIpc) is 3.25. The summed E-state index contributed by atoms with van der Waals surface area (Å²) in [6, 6.07) is 7.93. The minimum Gasteiger partial charge on any atom is -0.442 e. The summed E-state index contributed by atoms with van der Waals surface area (Å²) in [4.78, 5) is 19.5. The van der Waals surface area contributed by atoms with E-state index in [9.17, 15) is 4.79 Å². The number of rotatable bonds is 5. The Bertz CT molecular complexity index is 924. The number of alkyl carbamates (subject to hydrolysis) is 1. The molecule has 1 saturated heterocycles. The molecule has 1 amide bonds. The minimum absolute atomic E-state index is 0.194. The highest BCUT2D eigenvalue weighted by atomic mass is 16.6. The van der Waals surface area contributed by atoms with Crippen LogP contribution in [0.4, 0.5) is 16.4 Å². The Morgan fingerprint density at radius 3 is 2.88 bits per heavy atom. The van der Waals surface area contributed by atoms with E-state index >= 15 is 0 Å². The van der Waals surface area contributed by atoms with Crippen LogP contribution in [0.1, 0.15) is 5.56 Å². The van der Waals surface area contributed by atoms with Gasteiger partial charge in [0.05, 0.1) is 19.3 Å². The van der Waals surface area contributed by atoms with Crippen molar-refractivity contribution in [1.29, 1.82) is 0 Å². The quantitative estimate of drug-likeness (QED) is 0.734. The lowest BCUT2D eigenvalue weighted by Crippen LogP contribution is -2.20. The Morgan fingerprint density at radius 1 is 1.27 bits per heavy atom. The standard InChI is InChI=1S/C18H18N6O2/c1-12-5-13(7-15(6-12)23-17-19-3-2-4-20-17)14-8-22-24(10-14)11-16-9-21-18(25)26-16/h2-8,10,16H,9,11H2,1H3,(H,21,25)(H,19,20,23). The number of anilines is 2. The molecule has 0 spiro atoms. The van der Waals surface area contributed by atoms with Crippen LogP contribution in [0, 0.1) is 6.92 Å². The van der Waals surface area contributed by atoms with Crippen LogP contribution in [0.2, 0.25) is 0 Å². The Labute approximate surface area is 150 Å². The topological polar surface area (TPSA) is 94.0 Å². The Kier molecular flexibility index (Phi) is 4.22. The first kappa shape index (κ1) is 16.1. The molecule has 1 aliphatic heterocycles. The zero-order chi connectivity index (χ0) is 17.9. The van der Waals surface area contributed by atoms with E-state index in [0.717, 1.165) is 22.4 Å². The van der Waals surface area contributed by atoms with E-state index < -0.39 is 0 Å². The summed E-state index contributed by atoms with van der Waals surface area (Å²) in [6.45, 7) is 3.06. The van der Waals surface area contributed by atoms with Crippen LogP contribution in [0.3, 0.4) is 0 Å². The molecule has 0 bridgehead atoms. The summed E-state index contributed by atoms with van der Waals surface area (Å²) >= 11 is 0. The van der Waals surface area contributed by atoms with Crippen LogP contribution in [0.5, 0.6) is 0 Å². The maximum Gasteiger partial charge on any atom is 0.407 e. The third kappa shape index (κ3) is 3.64. The number of carbonyl (C=O) groups is 1. The first-order valence-electron chi connectivity index (χ1n) is 8.29. The third-order valence-electron chi connectivity index (χ3n) is 4.00. The number of hydrogen-bond donors (Lipinski definition) is 2. The Hall–Kier alpha value is -3.42. The van der Waals surface area contributed by atoms with Crippen molar-refractivity contribution in [2.24, 2.45) is 0 Å². The lowest BCUT2D eigenvalue weighted by molar-refractivity contribution is 0.129. The molecule has 8 heteroatoms. The predicted octanol–water partition coefficient (Wildman–Crippen LogP) is 2.50. The molecular formula is C18H18N6O2. The van der Waals surface area contributed by atoms with E-state index in [-0.39, 0.29) is 12.2 Å². The molecular weight excluding hydrogens is 332 g/mol. The van der Waals surface area contributed by atoms with E-state index in [0.29, 0.717) is 19.0 Å². The highest BCUT2D eigenvalue weighted by molar-refractivity contribution is 5.70. The summed E-state index contributed by atoms with van der Waals surface area (Å²) in [5.74, 6) is 0.551. The summed E-state index contributed by atoms with van der Waals surface area (Å²) in [6.07, 6.45) is 6.58. The van der Waals surface area contributed by atoms with E-state index in [1.165, 1.54) is 0 Å². The molecule has 3 aromatic rings. The fraction of sp³-hybridized carbons (Fsp3) is 0.222. The van der Waals surface area contributed by atoms with Gasteiger partial charge >= 0.3 is 6.09 Å². The maximum absolute atomic E-state index is 11.1. The van der Waals surface area contributed by atoms with Gasteiger partial charge in [-0.1, -0.05) is 6.07 Å². The first-order chi connectivity index (χ1) is 12.7. The van der Waals surface area contributed by atoms with Gasteiger partial charge in [-0.15, -0.1) is 0 Å². The van der Waals surface area contributed by atoms with Crippen LogP contribution < -0.4 is 10.6 Å². The second-order valence-electron chi connectivity index (χ2n) is 6.14. The van der Waals surface area contributed by atoms with Crippen LogP contribution in [-0.4, -0.2) is 38.5 Å². The average molecular weight is 350 g/mol. The van der Waals surface area contributed by atoms with Crippen molar-refractivity contribution in [2.45, 2.75) is 19.6 Å². The van der Waals surface area contributed by atoms with Crippen molar-refractivity contribution in [2.75, 3.05) is 11.9 Å². The first-order valence-corrected chi connectivity index (χ1v) is 8.29. The summed E-state index contributed by atoms with van der Waals surface area (Å²) < 4.78 is 6.94. The molecule has 26 heavy (non-hydrogen) atoms. The molecule has 1 unspecified atom stereocenters. The van der Waals surface area contributed by atoms with Crippen LogP contribution in [0.15, 0.2) is 49.1 Å². The number of hydrogen-bond acceptors (Lipinski definition) is 6. The fourth-order valence-electron chi connectivity index (χ4n) is 2.87. The Morgan fingerprint density at radius 2 is 2.12 bits per heavy atom. The van der Waals surface area contributed by atoms with Gasteiger partial charge in [0.1, 0.15) is 6.10 Å². The van der Waals surface area contributed by atoms with Gasteiger partial charge in [-0.05, 0) is 36.2 Å². The second-order valence-corrected chi connectivity index (χ2v) is 6.14. The monoisotopic (exact) mass is 350 g/mol. The van der Waals surface area contributed by atoms with E-state index in [1.54, 1.807) is 23.1 Å². The number of aromatic nitrogens is 4. The van der Waals surface area contributed by atoms with Gasteiger partial charge in [0.25, 0.3) is 0 Å². The number of ether oxygens (including phenoxy) is 1. The molecule has 1 atom stereocenters. The summed E-state index contributed by atoms with van der Waals surface area (Å²) in [5, 5.41) is 10.2. The smallest absolute Gasteiger partial charge is 0.407 e. The number of cyclic esters (lactones) is 1. The Balaban J connectivity index is 1.53. The molecule has 132 valence electrons. The maximum atomic E-state index is 11.1. The van der Waals surface area contributed by atoms with Crippen LogP contribution in [0.25, 0.3) is 11.1 Å². The van der Waals surface area contributed by atoms with Gasteiger partial charge in [0.15, 0.2) is 0 Å². The highest BCUT2D eigenvalue weighted by Crippen LogP contribution is 2.25. The van der Waals surface area contributed by atoms with Crippen molar-refractivity contribution in [3.8, 4) is 11.1 Å². The van der Waals surface area contributed by atoms with Crippen molar-refractivity contribution in [3.63, 3.8) is 0 Å². The van der Waals surface area contributed by atoms with Gasteiger partial charge in [0.2, 0.25) is 5.95 Å². The molecule has 1 aromatic carbocycles. The van der Waals surface area contributed by atoms with Crippen molar-refractivity contribution < 1.29 is 9.53 Å². The van der Waals surface area contributed by atoms with Gasteiger partial charge in [0, 0.05) is 29.8 Å². The molecule has 4 rings (SSSR count). The molecule has 3 heterocycles. The molecule has 1 aliphatic rings. The lowest BCUT2D eigenvalue weighted by Gasteiger charge is -2.08. The molecule has 0 aliphatic carbocycles. The molecule has 0 saturated carbocycles. The number of aryl methyl sites for hydroxylation is 1. The SMILES string of the molecule is Cc1cc(Nc2ncccn2)cc(-c2cnn(CC3CNC(=O)O3)c2)c1. The van der Waals surface area contributed by atoms with Crippen molar-refractivity contribution >= 4 is 17.7 Å². The summed E-state index contributed by atoms with van der Waals surface area (Å²) in [5.41, 5.74) is 4.05. The fourth-order valence-corrected chi connectivity index (χ4v) is 2.87. The second kappa shape index (κ2) is 6.83. The van der Waals surface area contributed by atoms with E-state index in [1.807, 2.05) is 31.5 Å². The number of carbonyl (C=O) groups excluding carboxylic acids is 1. The summed E-state index contributed by atoms with van der Waals surface area (Å²) in [7, 11) is 0. The van der Waals surface area contributed by atoms with Crippen LogP contribution in [-0.2, 0) is 11.3 Å². The van der Waals surface area contributed by atoms with E-state index in [2.05, 4.69) is 31.8 Å². The van der Waals surface area contributed by atoms with Gasteiger partial charge < -0.3 is 15.4 Å². The zero-order valence-corrected chi connectivity index (χ0v) is 14.2. The minimum atomic E-state index is -0.375. The molecule has 2 aromatic heterocycles. The number of amides is 1. The number of nitrogens with zero attached hydrogens (tertiary/aromatic N) is 4. The van der Waals surface area contributed by atoms with Gasteiger partial charge in [-0.3, -0.25) is 4.68 Å². The lowest BCUT2D eigenvalue weighted by atomic mass is 10.1. The van der Waals surface area contributed by atoms with Crippen LogP contribution >= 0.6 is 0 Å². The highest BCUT2D eigenvalue weighted by Gasteiger charge is 2.23. The molecule has 1 fully saturated rings. The molecule has 2 N–H and O–H groups in total. The van der Waals surface area contributed by atoms with Gasteiger partial charge in [-0.2, -0.15) is 5.10 Å². The largest absolute Gasteiger partial charge is 0.442 e. The predicted molar refractivity (Wildman–Crippen MR) is 96.0 cm³/mol. The van der Waals surface area contributed by atoms with Gasteiger partial charge in [-0.25, -0.2) is 14.8 Å². The van der Waals surface area contributed by atoms with Crippen molar-refractivity contribution in [1.82, 2.24) is 25.1 Å². The normalized spacial score (nSPS) is 16.2. The molecule has 8 nitrogen and oxygen atoms in total. The van der Waals surface area contributed by atoms with Crippen molar-refractivity contribution in [3.05, 3.63) is 54.6 Å². The number of nitrogens with one attached hydrogen (secondary N) is 2. The number of benzene rings is 1.